The molecule has 0 radical (unpaired) electrons. The Morgan fingerprint density at radius 1 is 0.639 bits per heavy atom. The normalized spacial score (nSPS) is 12.7. The Balaban J connectivity index is 2.02. The van der Waals surface area contributed by atoms with Crippen molar-refractivity contribution in [2.45, 2.75) is 27.7 Å². The van der Waals surface area contributed by atoms with E-state index in [0.29, 0.717) is 35.9 Å². The predicted molar refractivity (Wildman–Crippen MR) is 145 cm³/mol. The predicted octanol–water partition coefficient (Wildman–Crippen LogP) is 4.04. The van der Waals surface area contributed by atoms with E-state index in [0.717, 1.165) is 11.5 Å². The second kappa shape index (κ2) is 14.1. The van der Waals surface area contributed by atoms with E-state index < -0.39 is 0 Å². The van der Waals surface area contributed by atoms with Crippen LogP contribution in [0.1, 0.15) is 27.7 Å². The van der Waals surface area contributed by atoms with Crippen LogP contribution in [0.2, 0.25) is 0 Å². The van der Waals surface area contributed by atoms with Crippen molar-refractivity contribution in [3.63, 3.8) is 0 Å². The molecule has 2 aromatic rings. The molecule has 0 atom stereocenters. The Labute approximate surface area is 211 Å². The van der Waals surface area contributed by atoms with Crippen LogP contribution in [0.25, 0.3) is 0 Å². The standard InChI is InChI=1S/C26H32N6O4/c1-17(25(19(3)33)31-29-21-7-11-23(35-5)12-8-21)27-15-16-28-18(2)26(20(4)34)32-30-22-9-13-24(36-6)14-10-22/h7-14,29-30H,15-16H2,1-6H3/b27-17?,28-18?,31-25+,32-26+. The number of nitrogens with one attached hydrogen (secondary N) is 2. The number of carbonyl (C=O) groups excluding carboxylic acids is 2. The minimum atomic E-state index is -0.215. The molecule has 2 rings (SSSR count). The third-order valence-electron chi connectivity index (χ3n) is 4.92. The molecule has 0 aliphatic carbocycles. The van der Waals surface area contributed by atoms with Gasteiger partial charge in [-0.15, -0.1) is 0 Å². The van der Waals surface area contributed by atoms with Gasteiger partial charge in [-0.25, -0.2) is 0 Å². The number of ketones is 2. The van der Waals surface area contributed by atoms with Crippen LogP contribution < -0.4 is 20.3 Å². The van der Waals surface area contributed by atoms with Crippen molar-refractivity contribution >= 4 is 45.8 Å². The van der Waals surface area contributed by atoms with E-state index in [1.807, 2.05) is 0 Å². The van der Waals surface area contributed by atoms with Crippen LogP contribution in [-0.2, 0) is 9.59 Å². The quantitative estimate of drug-likeness (QED) is 0.247. The zero-order valence-corrected chi connectivity index (χ0v) is 21.5. The second-order valence-electron chi connectivity index (χ2n) is 7.65. The van der Waals surface area contributed by atoms with Gasteiger partial charge in [0.15, 0.2) is 11.6 Å². The Hall–Kier alpha value is -4.34. The lowest BCUT2D eigenvalue weighted by molar-refractivity contribution is -0.111. The topological polar surface area (TPSA) is 126 Å². The summed E-state index contributed by atoms with van der Waals surface area (Å²) in [6.45, 7) is 6.92. The summed E-state index contributed by atoms with van der Waals surface area (Å²) < 4.78 is 10.3. The number of ether oxygens (including phenoxy) is 2. The molecule has 0 aliphatic rings. The minimum Gasteiger partial charge on any atom is -0.497 e. The summed E-state index contributed by atoms with van der Waals surface area (Å²) in [4.78, 5) is 33.0. The highest BCUT2D eigenvalue weighted by molar-refractivity contribution is 6.67. The number of hydrogen-bond acceptors (Lipinski definition) is 10. The maximum absolute atomic E-state index is 12.1. The van der Waals surface area contributed by atoms with Gasteiger partial charge in [0.1, 0.15) is 22.9 Å². The summed E-state index contributed by atoms with van der Waals surface area (Å²) in [6, 6.07) is 14.3. The highest BCUT2D eigenvalue weighted by Crippen LogP contribution is 2.16. The van der Waals surface area contributed by atoms with Crippen LogP contribution in [0.3, 0.4) is 0 Å². The van der Waals surface area contributed by atoms with Crippen LogP contribution in [0.5, 0.6) is 11.5 Å². The molecule has 0 saturated carbocycles. The molecular weight excluding hydrogens is 460 g/mol. The van der Waals surface area contributed by atoms with Gasteiger partial charge in [-0.3, -0.25) is 30.4 Å². The summed E-state index contributed by atoms with van der Waals surface area (Å²) in [7, 11) is 3.18. The highest BCUT2D eigenvalue weighted by Gasteiger charge is 2.12. The molecule has 10 heteroatoms. The zero-order valence-electron chi connectivity index (χ0n) is 21.5. The molecule has 0 saturated heterocycles. The van der Waals surface area contributed by atoms with E-state index in [-0.39, 0.29) is 23.0 Å². The first-order valence-corrected chi connectivity index (χ1v) is 11.2. The first-order valence-electron chi connectivity index (χ1n) is 11.2. The lowest BCUT2D eigenvalue weighted by Crippen LogP contribution is -2.22. The van der Waals surface area contributed by atoms with Gasteiger partial charge in [0.05, 0.1) is 50.1 Å². The van der Waals surface area contributed by atoms with Crippen molar-refractivity contribution < 1.29 is 19.1 Å². The Kier molecular flexibility index (Phi) is 11.0. The van der Waals surface area contributed by atoms with E-state index >= 15 is 0 Å². The van der Waals surface area contributed by atoms with Crippen LogP contribution in [0.4, 0.5) is 11.4 Å². The van der Waals surface area contributed by atoms with Gasteiger partial charge in [-0.2, -0.15) is 10.2 Å². The van der Waals surface area contributed by atoms with Gasteiger partial charge >= 0.3 is 0 Å². The second-order valence-corrected chi connectivity index (χ2v) is 7.65. The molecule has 0 fully saturated rings. The average Bonchev–Trinajstić information content (AvgIpc) is 2.87. The first kappa shape index (κ1) is 27.9. The largest absolute Gasteiger partial charge is 0.497 e. The number of carbonyl (C=O) groups is 2. The monoisotopic (exact) mass is 492 g/mol. The van der Waals surface area contributed by atoms with Crippen molar-refractivity contribution in [2.75, 3.05) is 38.2 Å². The van der Waals surface area contributed by atoms with Crippen molar-refractivity contribution in [1.29, 1.82) is 0 Å². The SMILES string of the molecule is COc1ccc(N/N=C(/C(C)=O)C(C)=NCCN=C(C)/C(=N\Nc2ccc(OC)cc2)C(C)=O)cc1. The van der Waals surface area contributed by atoms with Crippen molar-refractivity contribution in [3.05, 3.63) is 48.5 Å². The fourth-order valence-corrected chi connectivity index (χ4v) is 2.99. The van der Waals surface area contributed by atoms with E-state index in [4.69, 9.17) is 9.47 Å². The minimum absolute atomic E-state index is 0.215. The third kappa shape index (κ3) is 8.79. The molecule has 0 amide bonds. The fourth-order valence-electron chi connectivity index (χ4n) is 2.99. The summed E-state index contributed by atoms with van der Waals surface area (Å²) in [5.41, 5.74) is 8.56. The van der Waals surface area contributed by atoms with E-state index in [1.54, 1.807) is 76.6 Å². The van der Waals surface area contributed by atoms with E-state index in [2.05, 4.69) is 31.0 Å². The van der Waals surface area contributed by atoms with Gasteiger partial charge < -0.3 is 9.47 Å². The molecule has 10 nitrogen and oxygen atoms in total. The molecule has 0 unspecified atom stereocenters. The summed E-state index contributed by atoms with van der Waals surface area (Å²) in [5.74, 6) is 1.01. The lowest BCUT2D eigenvalue weighted by Gasteiger charge is -2.07. The molecular formula is C26H32N6O4. The molecule has 36 heavy (non-hydrogen) atoms. The molecule has 0 spiro atoms. The molecule has 0 bridgehead atoms. The number of Topliss-reactive ketones (excluding diaryl/α,β-unsaturated/α-hetero) is 2. The maximum atomic E-state index is 12.1. The van der Waals surface area contributed by atoms with Crippen molar-refractivity contribution in [1.82, 2.24) is 0 Å². The molecule has 0 aliphatic heterocycles. The van der Waals surface area contributed by atoms with Gasteiger partial charge in [0.2, 0.25) is 0 Å². The third-order valence-corrected chi connectivity index (χ3v) is 4.92. The number of methoxy groups -OCH3 is 2. The Bertz CT molecular complexity index is 1070. The summed E-state index contributed by atoms with van der Waals surface area (Å²) in [5, 5.41) is 8.42. The Morgan fingerprint density at radius 2 is 0.972 bits per heavy atom. The molecule has 190 valence electrons. The summed E-state index contributed by atoms with van der Waals surface area (Å²) >= 11 is 0. The average molecular weight is 493 g/mol. The first-order chi connectivity index (χ1) is 17.2. The van der Waals surface area contributed by atoms with Gasteiger partial charge in [-0.05, 0) is 62.4 Å². The van der Waals surface area contributed by atoms with Crippen LogP contribution >= 0.6 is 0 Å². The van der Waals surface area contributed by atoms with Crippen LogP contribution in [0, 0.1) is 0 Å². The molecule has 2 aromatic carbocycles. The molecule has 2 N–H and O–H groups in total. The smallest absolute Gasteiger partial charge is 0.181 e. The number of nitrogens with zero attached hydrogens (tertiary/aromatic N) is 4. The lowest BCUT2D eigenvalue weighted by atomic mass is 10.2. The van der Waals surface area contributed by atoms with E-state index in [9.17, 15) is 9.59 Å². The number of hydrazone groups is 2. The highest BCUT2D eigenvalue weighted by atomic mass is 16.5. The Morgan fingerprint density at radius 3 is 1.25 bits per heavy atom. The summed E-state index contributed by atoms with van der Waals surface area (Å²) in [6.07, 6.45) is 0. The maximum Gasteiger partial charge on any atom is 0.181 e. The van der Waals surface area contributed by atoms with Crippen LogP contribution in [0.15, 0.2) is 68.7 Å². The fraction of sp³-hybridized carbons (Fsp3) is 0.308. The molecule has 0 aromatic heterocycles. The molecule has 0 heterocycles. The van der Waals surface area contributed by atoms with Crippen molar-refractivity contribution in [3.8, 4) is 11.5 Å². The van der Waals surface area contributed by atoms with Gasteiger partial charge in [0.25, 0.3) is 0 Å². The number of aliphatic imine (C=N–C) groups is 2. The van der Waals surface area contributed by atoms with Crippen molar-refractivity contribution in [2.24, 2.45) is 20.2 Å². The van der Waals surface area contributed by atoms with Gasteiger partial charge in [-0.1, -0.05) is 0 Å². The van der Waals surface area contributed by atoms with Gasteiger partial charge in [0, 0.05) is 13.8 Å². The zero-order chi connectivity index (χ0) is 26.5. The number of hydrogen-bond donors (Lipinski definition) is 2. The number of benzene rings is 2. The van der Waals surface area contributed by atoms with E-state index in [1.165, 1.54) is 13.8 Å². The number of rotatable bonds is 13. The number of anilines is 2. The van der Waals surface area contributed by atoms with Crippen LogP contribution in [-0.4, -0.2) is 61.7 Å².